The predicted octanol–water partition coefficient (Wildman–Crippen LogP) is 0.758. The highest BCUT2D eigenvalue weighted by Gasteiger charge is 2.37. The number of carbonyl (C=O) groups is 2. The molecule has 2 amide bonds. The van der Waals surface area contributed by atoms with E-state index < -0.39 is 43.4 Å². The highest BCUT2D eigenvalue weighted by Crippen LogP contribution is 2.19. The van der Waals surface area contributed by atoms with E-state index in [2.05, 4.69) is 0 Å². The van der Waals surface area contributed by atoms with Crippen LogP contribution in [0, 0.1) is 0 Å². The van der Waals surface area contributed by atoms with E-state index in [-0.39, 0.29) is 4.90 Å². The zero-order valence-electron chi connectivity index (χ0n) is 10.9. The van der Waals surface area contributed by atoms with Gasteiger partial charge in [-0.1, -0.05) is 0 Å². The van der Waals surface area contributed by atoms with Crippen LogP contribution in [0.1, 0.15) is 13.8 Å². The van der Waals surface area contributed by atoms with Gasteiger partial charge in [-0.15, -0.1) is 0 Å². The summed E-state index contributed by atoms with van der Waals surface area (Å²) < 4.78 is 36.9. The molecule has 0 saturated carbocycles. The Kier molecular flexibility index (Phi) is 5.61. The van der Waals surface area contributed by atoms with Crippen molar-refractivity contribution >= 4 is 12.0 Å². The van der Waals surface area contributed by atoms with E-state index in [1.165, 1.54) is 20.9 Å². The quantitative estimate of drug-likeness (QED) is 0.781. The Bertz CT molecular complexity index is 344. The molecule has 0 aliphatic rings. The van der Waals surface area contributed by atoms with Gasteiger partial charge in [0, 0.05) is 7.05 Å². The molecule has 19 heavy (non-hydrogen) atoms. The van der Waals surface area contributed by atoms with Crippen LogP contribution in [0.3, 0.4) is 0 Å². The van der Waals surface area contributed by atoms with Crippen LogP contribution < -0.4 is 0 Å². The van der Waals surface area contributed by atoms with Crippen molar-refractivity contribution in [1.82, 2.24) is 9.80 Å². The third kappa shape index (κ3) is 5.77. The van der Waals surface area contributed by atoms with Crippen LogP contribution in [0.15, 0.2) is 0 Å². The minimum absolute atomic E-state index is 0.166. The van der Waals surface area contributed by atoms with Crippen LogP contribution in [0.4, 0.5) is 18.0 Å². The van der Waals surface area contributed by atoms with Gasteiger partial charge < -0.3 is 20.0 Å². The summed E-state index contributed by atoms with van der Waals surface area (Å²) in [7, 11) is 1.20. The maximum Gasteiger partial charge on any atom is 0.406 e. The minimum atomic E-state index is -4.70. The summed E-state index contributed by atoms with van der Waals surface area (Å²) in [6.45, 7) is -0.314. The zero-order valence-corrected chi connectivity index (χ0v) is 10.9. The number of hydrogen-bond donors (Lipinski definition) is 2. The van der Waals surface area contributed by atoms with E-state index in [1.54, 1.807) is 0 Å². The van der Waals surface area contributed by atoms with Gasteiger partial charge in [-0.3, -0.25) is 4.79 Å². The molecule has 0 spiro atoms. The minimum Gasteiger partial charge on any atom is -0.480 e. The molecule has 0 rings (SSSR count). The number of halogens is 3. The molecule has 0 radical (unpaired) electrons. The monoisotopic (exact) mass is 286 g/mol. The molecule has 0 atom stereocenters. The molecule has 0 aromatic rings. The number of alkyl halides is 3. The topological polar surface area (TPSA) is 81.1 Å². The number of aliphatic hydroxyl groups excluding tert-OH is 1. The van der Waals surface area contributed by atoms with E-state index >= 15 is 0 Å². The van der Waals surface area contributed by atoms with Crippen LogP contribution in [0.25, 0.3) is 0 Å². The molecule has 0 aromatic heterocycles. The Morgan fingerprint density at radius 2 is 1.68 bits per heavy atom. The van der Waals surface area contributed by atoms with E-state index in [1.807, 2.05) is 0 Å². The molecule has 0 aromatic carbocycles. The Labute approximate surface area is 108 Å². The lowest BCUT2D eigenvalue weighted by Crippen LogP contribution is -2.55. The number of aliphatic hydroxyl groups is 1. The predicted molar refractivity (Wildman–Crippen MR) is 59.6 cm³/mol. The van der Waals surface area contributed by atoms with Gasteiger partial charge in [-0.25, -0.2) is 4.79 Å². The Morgan fingerprint density at radius 1 is 1.21 bits per heavy atom. The average Bonchev–Trinajstić information content (AvgIpc) is 2.23. The normalized spacial score (nSPS) is 12.2. The molecule has 0 heterocycles. The van der Waals surface area contributed by atoms with E-state index in [0.29, 0.717) is 0 Å². The first-order valence-electron chi connectivity index (χ1n) is 5.33. The summed E-state index contributed by atoms with van der Waals surface area (Å²) in [5, 5.41) is 17.6. The van der Waals surface area contributed by atoms with Gasteiger partial charge in [0.05, 0.1) is 12.1 Å². The van der Waals surface area contributed by atoms with Gasteiger partial charge in [0.1, 0.15) is 13.1 Å². The molecule has 112 valence electrons. The summed E-state index contributed by atoms with van der Waals surface area (Å²) in [6.07, 6.45) is -4.70. The van der Waals surface area contributed by atoms with Gasteiger partial charge in [-0.05, 0) is 13.8 Å². The van der Waals surface area contributed by atoms with Crippen molar-refractivity contribution in [3.63, 3.8) is 0 Å². The first-order chi connectivity index (χ1) is 8.40. The molecule has 9 heteroatoms. The van der Waals surface area contributed by atoms with Gasteiger partial charge in [0.25, 0.3) is 0 Å². The largest absolute Gasteiger partial charge is 0.480 e. The third-order valence-electron chi connectivity index (χ3n) is 2.55. The summed E-state index contributed by atoms with van der Waals surface area (Å²) in [6, 6.07) is -1.11. The Balaban J connectivity index is 5.05. The fourth-order valence-electron chi connectivity index (χ4n) is 1.15. The van der Waals surface area contributed by atoms with Gasteiger partial charge >= 0.3 is 18.2 Å². The Morgan fingerprint density at radius 3 is 2.00 bits per heavy atom. The number of carboxylic acid groups (broad SMARTS) is 1. The summed E-state index contributed by atoms with van der Waals surface area (Å²) in [5.74, 6) is -1.55. The molecule has 0 fully saturated rings. The van der Waals surface area contributed by atoms with Gasteiger partial charge in [0.2, 0.25) is 0 Å². The van der Waals surface area contributed by atoms with Crippen molar-refractivity contribution in [1.29, 1.82) is 0 Å². The highest BCUT2D eigenvalue weighted by molar-refractivity contribution is 5.80. The van der Waals surface area contributed by atoms with Crippen LogP contribution in [-0.4, -0.2) is 70.5 Å². The van der Waals surface area contributed by atoms with E-state index in [0.717, 1.165) is 4.90 Å². The number of amides is 2. The number of aliphatic carboxylic acids is 1. The molecule has 0 aliphatic carbocycles. The van der Waals surface area contributed by atoms with Crippen LogP contribution in [0.2, 0.25) is 0 Å². The molecule has 0 aliphatic heterocycles. The number of likely N-dealkylation sites (N-methyl/N-ethyl adjacent to an activating group) is 1. The third-order valence-corrected chi connectivity index (χ3v) is 2.55. The smallest absolute Gasteiger partial charge is 0.406 e. The molecule has 0 saturated heterocycles. The molecule has 2 N–H and O–H groups in total. The first-order valence-corrected chi connectivity index (χ1v) is 5.33. The molecular weight excluding hydrogens is 269 g/mol. The van der Waals surface area contributed by atoms with E-state index in [9.17, 15) is 22.8 Å². The molecular formula is C10H17F3N2O4. The second kappa shape index (κ2) is 6.09. The summed E-state index contributed by atoms with van der Waals surface area (Å²) in [4.78, 5) is 23.4. The molecule has 6 nitrogen and oxygen atoms in total. The van der Waals surface area contributed by atoms with Crippen LogP contribution in [0.5, 0.6) is 0 Å². The lowest BCUT2D eigenvalue weighted by atomic mass is 10.1. The van der Waals surface area contributed by atoms with Gasteiger partial charge in [0.15, 0.2) is 0 Å². The summed E-state index contributed by atoms with van der Waals surface area (Å²) >= 11 is 0. The van der Waals surface area contributed by atoms with E-state index in [4.69, 9.17) is 10.2 Å². The average molecular weight is 286 g/mol. The lowest BCUT2D eigenvalue weighted by Gasteiger charge is -2.37. The number of urea groups is 1. The summed E-state index contributed by atoms with van der Waals surface area (Å²) in [5.41, 5.74) is -1.10. The van der Waals surface area contributed by atoms with Crippen molar-refractivity contribution in [3.8, 4) is 0 Å². The number of carboxylic acids is 1. The van der Waals surface area contributed by atoms with Crippen molar-refractivity contribution in [3.05, 3.63) is 0 Å². The number of nitrogens with zero attached hydrogens (tertiary/aromatic N) is 2. The Hall–Kier alpha value is -1.51. The highest BCUT2D eigenvalue weighted by atomic mass is 19.4. The second-order valence-electron chi connectivity index (χ2n) is 4.68. The zero-order chi connectivity index (χ0) is 15.4. The van der Waals surface area contributed by atoms with Crippen molar-refractivity contribution in [2.24, 2.45) is 0 Å². The lowest BCUT2D eigenvalue weighted by molar-refractivity contribution is -0.150. The number of rotatable bonds is 5. The van der Waals surface area contributed by atoms with Crippen LogP contribution >= 0.6 is 0 Å². The van der Waals surface area contributed by atoms with Gasteiger partial charge in [-0.2, -0.15) is 13.2 Å². The fraction of sp³-hybridized carbons (Fsp3) is 0.800. The van der Waals surface area contributed by atoms with Crippen molar-refractivity contribution in [2.75, 3.05) is 26.7 Å². The molecule has 0 unspecified atom stereocenters. The fourth-order valence-corrected chi connectivity index (χ4v) is 1.15. The SMILES string of the molecule is CN(C(=O)N(CC(=O)O)CC(F)(F)F)C(C)(C)CO. The molecule has 0 bridgehead atoms. The maximum absolute atomic E-state index is 12.3. The van der Waals surface area contributed by atoms with Crippen LogP contribution in [-0.2, 0) is 4.79 Å². The number of hydrogen-bond acceptors (Lipinski definition) is 3. The first kappa shape index (κ1) is 17.5. The number of carbonyl (C=O) groups excluding carboxylic acids is 1. The van der Waals surface area contributed by atoms with Crippen molar-refractivity contribution in [2.45, 2.75) is 25.6 Å². The van der Waals surface area contributed by atoms with Crippen molar-refractivity contribution < 1.29 is 33.0 Å². The maximum atomic E-state index is 12.3. The second-order valence-corrected chi connectivity index (χ2v) is 4.68. The standard InChI is InChI=1S/C10H17F3N2O4/c1-9(2,6-16)14(3)8(19)15(4-7(17)18)5-10(11,12)13/h16H,4-6H2,1-3H3,(H,17,18).